The topological polar surface area (TPSA) is 6.48 Å². The molecule has 0 bridgehead atoms. The maximum atomic E-state index is 2.39. The zero-order valence-corrected chi connectivity index (χ0v) is 37.6. The van der Waals surface area contributed by atoms with Crippen LogP contribution < -0.4 is 9.80 Å². The minimum absolute atomic E-state index is 1.06. The third-order valence-electron chi connectivity index (χ3n) is 12.6. The molecule has 11 aromatic carbocycles. The molecule has 0 unspecified atom stereocenters. The molecule has 0 fully saturated rings. The summed E-state index contributed by atoms with van der Waals surface area (Å²) >= 11 is 0. The summed E-state index contributed by atoms with van der Waals surface area (Å²) < 4.78 is 0. The van der Waals surface area contributed by atoms with Gasteiger partial charge in [-0.2, -0.15) is 0 Å². The maximum absolute atomic E-state index is 2.39. The van der Waals surface area contributed by atoms with Gasteiger partial charge in [0.2, 0.25) is 0 Å². The highest BCUT2D eigenvalue weighted by atomic mass is 15.1. The Balaban J connectivity index is 1.07. The molecule has 0 aliphatic carbocycles. The highest BCUT2D eigenvalue weighted by molar-refractivity contribution is 5.92. The number of hydrogen-bond acceptors (Lipinski definition) is 2. The van der Waals surface area contributed by atoms with Gasteiger partial charge in [-0.25, -0.2) is 0 Å². The van der Waals surface area contributed by atoms with Gasteiger partial charge in [-0.3, -0.25) is 0 Å². The Morgan fingerprint density at radius 1 is 0.147 bits per heavy atom. The minimum atomic E-state index is 1.06. The molecule has 0 aliphatic rings. The van der Waals surface area contributed by atoms with E-state index in [0.717, 1.165) is 67.5 Å². The zero-order valence-electron chi connectivity index (χ0n) is 37.6. The highest BCUT2D eigenvalue weighted by Crippen LogP contribution is 2.44. The van der Waals surface area contributed by atoms with Crippen LogP contribution in [0.1, 0.15) is 0 Å². The zero-order chi connectivity index (χ0) is 45.5. The van der Waals surface area contributed by atoms with Crippen molar-refractivity contribution in [1.82, 2.24) is 0 Å². The molecule has 0 saturated heterocycles. The SMILES string of the molecule is c1ccc(-c2ccc(N(c3cccc(-c4ccccc4)c3)c3cccc(-c4cc(N(c5ccc(-c6ccccc6)cc5)c5cccc(-c6ccccc6)c5)ccc4-c4ccccc4)c3)cc2)cc1. The first-order chi connectivity index (χ1) is 33.7. The minimum Gasteiger partial charge on any atom is -0.310 e. The van der Waals surface area contributed by atoms with Crippen LogP contribution in [-0.2, 0) is 0 Å². The fourth-order valence-corrected chi connectivity index (χ4v) is 9.26. The van der Waals surface area contributed by atoms with Crippen LogP contribution in [0.3, 0.4) is 0 Å². The average Bonchev–Trinajstić information content (AvgIpc) is 3.43. The van der Waals surface area contributed by atoms with E-state index in [1.54, 1.807) is 0 Å². The summed E-state index contributed by atoms with van der Waals surface area (Å²) in [5.41, 5.74) is 20.4. The van der Waals surface area contributed by atoms with E-state index in [1.807, 2.05) is 0 Å². The summed E-state index contributed by atoms with van der Waals surface area (Å²) in [6, 6.07) is 105. The normalized spacial score (nSPS) is 10.9. The van der Waals surface area contributed by atoms with Crippen molar-refractivity contribution in [3.8, 4) is 66.8 Å². The van der Waals surface area contributed by atoms with Gasteiger partial charge in [0.15, 0.2) is 0 Å². The molecule has 68 heavy (non-hydrogen) atoms. The summed E-state index contributed by atoms with van der Waals surface area (Å²) in [7, 11) is 0. The Morgan fingerprint density at radius 2 is 0.426 bits per heavy atom. The van der Waals surface area contributed by atoms with Crippen LogP contribution in [0.15, 0.2) is 291 Å². The summed E-state index contributed by atoms with van der Waals surface area (Å²) in [4.78, 5) is 4.77. The molecular weight excluding hydrogens is 821 g/mol. The van der Waals surface area contributed by atoms with Crippen molar-refractivity contribution in [2.45, 2.75) is 0 Å². The van der Waals surface area contributed by atoms with E-state index in [9.17, 15) is 0 Å². The Hall–Kier alpha value is -8.98. The fourth-order valence-electron chi connectivity index (χ4n) is 9.26. The molecule has 0 spiro atoms. The van der Waals surface area contributed by atoms with Crippen LogP contribution in [0.5, 0.6) is 0 Å². The Morgan fingerprint density at radius 3 is 0.824 bits per heavy atom. The van der Waals surface area contributed by atoms with Gasteiger partial charge in [-0.15, -0.1) is 0 Å². The van der Waals surface area contributed by atoms with Crippen LogP contribution in [-0.4, -0.2) is 0 Å². The van der Waals surface area contributed by atoms with E-state index in [-0.39, 0.29) is 0 Å². The molecule has 0 radical (unpaired) electrons. The maximum Gasteiger partial charge on any atom is 0.0468 e. The van der Waals surface area contributed by atoms with Gasteiger partial charge >= 0.3 is 0 Å². The first-order valence-corrected chi connectivity index (χ1v) is 23.2. The van der Waals surface area contributed by atoms with Crippen molar-refractivity contribution in [3.05, 3.63) is 291 Å². The van der Waals surface area contributed by atoms with Crippen LogP contribution in [0.2, 0.25) is 0 Å². The fraction of sp³-hybridized carbons (Fsp3) is 0. The van der Waals surface area contributed by atoms with Crippen LogP contribution in [0, 0.1) is 0 Å². The molecule has 0 heterocycles. The second-order valence-electron chi connectivity index (χ2n) is 17.0. The molecule has 2 heteroatoms. The molecular formula is C66H48N2. The second-order valence-corrected chi connectivity index (χ2v) is 17.0. The van der Waals surface area contributed by atoms with Crippen LogP contribution in [0.25, 0.3) is 66.8 Å². The van der Waals surface area contributed by atoms with Gasteiger partial charge in [-0.05, 0) is 140 Å². The highest BCUT2D eigenvalue weighted by Gasteiger charge is 2.20. The van der Waals surface area contributed by atoms with Gasteiger partial charge in [0.1, 0.15) is 0 Å². The lowest BCUT2D eigenvalue weighted by molar-refractivity contribution is 1.28. The molecule has 322 valence electrons. The smallest absolute Gasteiger partial charge is 0.0468 e. The number of hydrogen-bond donors (Lipinski definition) is 0. The van der Waals surface area contributed by atoms with Gasteiger partial charge in [0.05, 0.1) is 0 Å². The Labute approximate surface area is 400 Å². The van der Waals surface area contributed by atoms with E-state index in [2.05, 4.69) is 301 Å². The number of benzene rings is 11. The first kappa shape index (κ1) is 41.7. The molecule has 0 saturated carbocycles. The Bertz CT molecular complexity index is 3410. The number of anilines is 6. The standard InChI is InChI=1S/C66H48N2/c1-6-19-49(20-7-1)53-35-39-59(40-36-53)67(61-32-16-29-56(45-61)51-23-10-3-11-24-51)63-34-18-31-58(47-63)66-48-64(43-44-65(66)55-27-14-5-15-28-55)68(60-41-37-54(38-42-60)50-21-8-2-9-22-50)62-33-17-30-57(46-62)52-25-12-4-13-26-52/h1-48H. The van der Waals surface area contributed by atoms with Crippen molar-refractivity contribution in [2.75, 3.05) is 9.80 Å². The van der Waals surface area contributed by atoms with Gasteiger partial charge in [0.25, 0.3) is 0 Å². The number of rotatable bonds is 12. The van der Waals surface area contributed by atoms with Crippen molar-refractivity contribution in [3.63, 3.8) is 0 Å². The van der Waals surface area contributed by atoms with E-state index < -0.39 is 0 Å². The molecule has 11 aromatic rings. The second kappa shape index (κ2) is 19.2. The largest absolute Gasteiger partial charge is 0.310 e. The Kier molecular flexibility index (Phi) is 11.8. The predicted molar refractivity (Wildman–Crippen MR) is 288 cm³/mol. The van der Waals surface area contributed by atoms with E-state index >= 15 is 0 Å². The summed E-state index contributed by atoms with van der Waals surface area (Å²) in [5, 5.41) is 0. The monoisotopic (exact) mass is 868 g/mol. The van der Waals surface area contributed by atoms with Gasteiger partial charge in [0, 0.05) is 34.1 Å². The molecule has 0 aliphatic heterocycles. The molecule has 0 aromatic heterocycles. The van der Waals surface area contributed by atoms with Crippen LogP contribution >= 0.6 is 0 Å². The quantitative estimate of drug-likeness (QED) is 0.121. The summed E-state index contributed by atoms with van der Waals surface area (Å²) in [6.45, 7) is 0. The third-order valence-corrected chi connectivity index (χ3v) is 12.6. The van der Waals surface area contributed by atoms with Crippen LogP contribution in [0.4, 0.5) is 34.1 Å². The van der Waals surface area contributed by atoms with Gasteiger partial charge < -0.3 is 9.80 Å². The van der Waals surface area contributed by atoms with E-state index in [0.29, 0.717) is 0 Å². The average molecular weight is 869 g/mol. The number of nitrogens with zero attached hydrogens (tertiary/aromatic N) is 2. The van der Waals surface area contributed by atoms with E-state index in [1.165, 1.54) is 33.4 Å². The molecule has 2 nitrogen and oxygen atoms in total. The lowest BCUT2D eigenvalue weighted by atomic mass is 9.93. The predicted octanol–water partition coefficient (Wildman–Crippen LogP) is 18.6. The van der Waals surface area contributed by atoms with Gasteiger partial charge in [-0.1, -0.05) is 218 Å². The van der Waals surface area contributed by atoms with Crippen molar-refractivity contribution in [1.29, 1.82) is 0 Å². The van der Waals surface area contributed by atoms with Crippen molar-refractivity contribution in [2.24, 2.45) is 0 Å². The lowest BCUT2D eigenvalue weighted by Crippen LogP contribution is -2.11. The summed E-state index contributed by atoms with van der Waals surface area (Å²) in [6.07, 6.45) is 0. The van der Waals surface area contributed by atoms with E-state index in [4.69, 9.17) is 0 Å². The third kappa shape index (κ3) is 8.87. The summed E-state index contributed by atoms with van der Waals surface area (Å²) in [5.74, 6) is 0. The molecule has 0 N–H and O–H groups in total. The molecule has 0 amide bonds. The first-order valence-electron chi connectivity index (χ1n) is 23.2. The molecule has 11 rings (SSSR count). The molecule has 0 atom stereocenters. The van der Waals surface area contributed by atoms with Crippen molar-refractivity contribution >= 4 is 34.1 Å². The van der Waals surface area contributed by atoms with Crippen molar-refractivity contribution < 1.29 is 0 Å². The lowest BCUT2D eigenvalue weighted by Gasteiger charge is -2.28.